The van der Waals surface area contributed by atoms with Gasteiger partial charge in [-0.25, -0.2) is 0 Å². The second-order valence-corrected chi connectivity index (χ2v) is 8.29. The van der Waals surface area contributed by atoms with Crippen LogP contribution in [-0.2, 0) is 0 Å². The van der Waals surface area contributed by atoms with Crippen LogP contribution in [0, 0.1) is 0 Å². The minimum Gasteiger partial charge on any atom is -0.339 e. The molecular weight excluding hydrogens is 382 g/mol. The lowest BCUT2D eigenvalue weighted by atomic mass is 9.98. The van der Waals surface area contributed by atoms with Crippen LogP contribution in [0.25, 0.3) is 0 Å². The Bertz CT molecular complexity index is 1050. The van der Waals surface area contributed by atoms with E-state index in [0.717, 1.165) is 54.9 Å². The summed E-state index contributed by atoms with van der Waals surface area (Å²) in [5, 5.41) is 7.11. The first-order chi connectivity index (χ1) is 15.3. The average molecular weight is 410 g/mol. The summed E-state index contributed by atoms with van der Waals surface area (Å²) in [4.78, 5) is 14.8. The van der Waals surface area contributed by atoms with Crippen LogP contribution in [0.15, 0.2) is 90.0 Å². The van der Waals surface area contributed by atoms with E-state index in [1.807, 2.05) is 41.3 Å². The number of benzene rings is 3. The molecule has 2 aliphatic rings. The first-order valence-corrected chi connectivity index (χ1v) is 11.2. The highest BCUT2D eigenvalue weighted by atomic mass is 16.2. The second-order valence-electron chi connectivity index (χ2n) is 8.29. The summed E-state index contributed by atoms with van der Waals surface area (Å²) in [5.74, 6) is 0.140. The molecule has 1 atom stereocenters. The van der Waals surface area contributed by atoms with Crippen molar-refractivity contribution in [1.29, 1.82) is 0 Å². The van der Waals surface area contributed by atoms with Gasteiger partial charge in [0.1, 0.15) is 0 Å². The molecule has 0 radical (unpaired) electrons. The first-order valence-electron chi connectivity index (χ1n) is 11.2. The van der Waals surface area contributed by atoms with Gasteiger partial charge >= 0.3 is 0 Å². The largest absolute Gasteiger partial charge is 0.339 e. The van der Waals surface area contributed by atoms with Gasteiger partial charge in [-0.2, -0.15) is 5.10 Å². The molecule has 5 rings (SSSR count). The van der Waals surface area contributed by atoms with Crippen LogP contribution < -0.4 is 5.01 Å². The average Bonchev–Trinajstić information content (AvgIpc) is 3.31. The van der Waals surface area contributed by atoms with E-state index in [2.05, 4.69) is 53.5 Å². The van der Waals surface area contributed by atoms with Gasteiger partial charge in [-0.3, -0.25) is 9.80 Å². The first kappa shape index (κ1) is 19.6. The topological polar surface area (TPSA) is 35.9 Å². The van der Waals surface area contributed by atoms with Crippen molar-refractivity contribution in [1.82, 2.24) is 4.90 Å². The zero-order chi connectivity index (χ0) is 21.0. The maximum absolute atomic E-state index is 12.8. The highest BCUT2D eigenvalue weighted by Crippen LogP contribution is 2.36. The fourth-order valence-corrected chi connectivity index (χ4v) is 4.52. The Morgan fingerprint density at radius 1 is 0.774 bits per heavy atom. The van der Waals surface area contributed by atoms with Crippen molar-refractivity contribution < 1.29 is 4.79 Å². The normalized spacial score (nSPS) is 18.7. The van der Waals surface area contributed by atoms with Gasteiger partial charge in [-0.1, -0.05) is 60.7 Å². The van der Waals surface area contributed by atoms with Crippen molar-refractivity contribution in [2.75, 3.05) is 18.1 Å². The molecule has 0 bridgehead atoms. The van der Waals surface area contributed by atoms with E-state index in [1.54, 1.807) is 0 Å². The smallest absolute Gasteiger partial charge is 0.253 e. The van der Waals surface area contributed by atoms with Crippen LogP contribution >= 0.6 is 0 Å². The second kappa shape index (κ2) is 8.76. The van der Waals surface area contributed by atoms with E-state index in [4.69, 9.17) is 5.10 Å². The van der Waals surface area contributed by atoms with E-state index >= 15 is 0 Å². The summed E-state index contributed by atoms with van der Waals surface area (Å²) in [6, 6.07) is 29.0. The molecule has 0 aromatic heterocycles. The third-order valence-electron chi connectivity index (χ3n) is 6.22. The van der Waals surface area contributed by atoms with Gasteiger partial charge in [0.15, 0.2) is 0 Å². The van der Waals surface area contributed by atoms with Crippen LogP contribution in [0.4, 0.5) is 5.69 Å². The van der Waals surface area contributed by atoms with Crippen molar-refractivity contribution in [2.45, 2.75) is 31.7 Å². The molecule has 1 unspecified atom stereocenters. The summed E-state index contributed by atoms with van der Waals surface area (Å²) < 4.78 is 0. The molecule has 1 fully saturated rings. The molecule has 0 aliphatic carbocycles. The molecule has 1 saturated heterocycles. The lowest BCUT2D eigenvalue weighted by molar-refractivity contribution is 0.0724. The van der Waals surface area contributed by atoms with Crippen LogP contribution in [0.5, 0.6) is 0 Å². The number of nitrogens with zero attached hydrogens (tertiary/aromatic N) is 3. The van der Waals surface area contributed by atoms with E-state index in [9.17, 15) is 4.79 Å². The number of hydrogen-bond donors (Lipinski definition) is 0. The standard InChI is InChI=1S/C27H27N3O/c31-27(29-18-8-3-9-19-29)23-14-16-24(17-15-23)30-26(22-12-6-2-7-13-22)20-25(28-30)21-10-4-1-5-11-21/h1-2,4-7,10-17,26H,3,8-9,18-20H2. The Kier molecular flexibility index (Phi) is 5.53. The molecular formula is C27H27N3O. The third-order valence-corrected chi connectivity index (χ3v) is 6.22. The lowest BCUT2D eigenvalue weighted by Crippen LogP contribution is -2.35. The summed E-state index contributed by atoms with van der Waals surface area (Å²) in [7, 11) is 0. The van der Waals surface area contributed by atoms with Crippen molar-refractivity contribution in [3.8, 4) is 0 Å². The number of carbonyl (C=O) groups excluding carboxylic acids is 1. The number of anilines is 1. The fraction of sp³-hybridized carbons (Fsp3) is 0.259. The number of hydrazone groups is 1. The zero-order valence-electron chi connectivity index (χ0n) is 17.7. The van der Waals surface area contributed by atoms with Gasteiger partial charge < -0.3 is 4.90 Å². The van der Waals surface area contributed by atoms with Gasteiger partial charge in [0.2, 0.25) is 0 Å². The summed E-state index contributed by atoms with van der Waals surface area (Å²) in [5.41, 5.74) is 5.25. The number of amides is 1. The molecule has 1 amide bonds. The third kappa shape index (κ3) is 4.11. The maximum Gasteiger partial charge on any atom is 0.253 e. The number of likely N-dealkylation sites (tertiary alicyclic amines) is 1. The van der Waals surface area contributed by atoms with Crippen molar-refractivity contribution in [3.63, 3.8) is 0 Å². The summed E-state index contributed by atoms with van der Waals surface area (Å²) >= 11 is 0. The SMILES string of the molecule is O=C(c1ccc(N2N=C(c3ccccc3)CC2c2ccccc2)cc1)N1CCCCC1. The predicted molar refractivity (Wildman–Crippen MR) is 125 cm³/mol. The quantitative estimate of drug-likeness (QED) is 0.557. The molecule has 2 aliphatic heterocycles. The molecule has 4 heteroatoms. The molecule has 2 heterocycles. The van der Waals surface area contributed by atoms with E-state index < -0.39 is 0 Å². The Morgan fingerprint density at radius 3 is 2.10 bits per heavy atom. The molecule has 4 nitrogen and oxygen atoms in total. The monoisotopic (exact) mass is 409 g/mol. The predicted octanol–water partition coefficient (Wildman–Crippen LogP) is 5.67. The van der Waals surface area contributed by atoms with Gasteiger partial charge in [0, 0.05) is 25.1 Å². The fourth-order valence-electron chi connectivity index (χ4n) is 4.52. The summed E-state index contributed by atoms with van der Waals surface area (Å²) in [6.45, 7) is 1.74. The Balaban J connectivity index is 1.44. The number of carbonyl (C=O) groups is 1. The van der Waals surface area contributed by atoms with Gasteiger partial charge in [0.25, 0.3) is 5.91 Å². The molecule has 0 spiro atoms. The molecule has 156 valence electrons. The maximum atomic E-state index is 12.8. The highest BCUT2D eigenvalue weighted by Gasteiger charge is 2.30. The molecule has 3 aromatic rings. The highest BCUT2D eigenvalue weighted by molar-refractivity contribution is 6.03. The minimum absolute atomic E-state index is 0.139. The Hall–Kier alpha value is -3.40. The van der Waals surface area contributed by atoms with E-state index in [1.165, 1.54) is 12.0 Å². The minimum atomic E-state index is 0.139. The Labute approximate surface area is 183 Å². The van der Waals surface area contributed by atoms with Crippen LogP contribution in [0.1, 0.15) is 53.2 Å². The van der Waals surface area contributed by atoms with Crippen molar-refractivity contribution in [3.05, 3.63) is 102 Å². The molecule has 0 N–H and O–H groups in total. The van der Waals surface area contributed by atoms with Crippen molar-refractivity contribution in [2.24, 2.45) is 5.10 Å². The van der Waals surface area contributed by atoms with Gasteiger partial charge in [0.05, 0.1) is 17.4 Å². The summed E-state index contributed by atoms with van der Waals surface area (Å²) in [6.07, 6.45) is 4.28. The number of rotatable bonds is 4. The molecule has 0 saturated carbocycles. The van der Waals surface area contributed by atoms with Crippen molar-refractivity contribution >= 4 is 17.3 Å². The van der Waals surface area contributed by atoms with Gasteiger partial charge in [-0.05, 0) is 54.7 Å². The van der Waals surface area contributed by atoms with Crippen LogP contribution in [0.3, 0.4) is 0 Å². The molecule has 31 heavy (non-hydrogen) atoms. The zero-order valence-corrected chi connectivity index (χ0v) is 17.7. The van der Waals surface area contributed by atoms with Gasteiger partial charge in [-0.15, -0.1) is 0 Å². The van der Waals surface area contributed by atoms with Crippen LogP contribution in [0.2, 0.25) is 0 Å². The van der Waals surface area contributed by atoms with E-state index in [-0.39, 0.29) is 11.9 Å². The Morgan fingerprint density at radius 2 is 1.42 bits per heavy atom. The lowest BCUT2D eigenvalue weighted by Gasteiger charge is -2.27. The van der Waals surface area contributed by atoms with E-state index in [0.29, 0.717) is 0 Å². The van der Waals surface area contributed by atoms with Crippen LogP contribution in [-0.4, -0.2) is 29.6 Å². The number of piperidine rings is 1. The number of hydrogen-bond acceptors (Lipinski definition) is 3. The molecule has 3 aromatic carbocycles.